The van der Waals surface area contributed by atoms with E-state index in [1.54, 1.807) is 0 Å². The number of nitrogens with zero attached hydrogens (tertiary/aromatic N) is 3. The highest BCUT2D eigenvalue weighted by atomic mass is 15.2. The Hall–Kier alpha value is -1.09. The zero-order valence-electron chi connectivity index (χ0n) is 14.4. The molecule has 1 aromatic rings. The smallest absolute Gasteiger partial charge is 0.131 e. The summed E-state index contributed by atoms with van der Waals surface area (Å²) < 4.78 is 0. The third-order valence-corrected chi connectivity index (χ3v) is 5.27. The van der Waals surface area contributed by atoms with Crippen LogP contribution < -0.4 is 4.90 Å². The highest BCUT2D eigenvalue weighted by Crippen LogP contribution is 2.33. The van der Waals surface area contributed by atoms with E-state index in [0.29, 0.717) is 6.04 Å². The predicted octanol–water partition coefficient (Wildman–Crippen LogP) is 4.32. The quantitative estimate of drug-likeness (QED) is 0.807. The lowest BCUT2D eigenvalue weighted by molar-refractivity contribution is 0.146. The molecule has 0 bridgehead atoms. The Bertz CT molecular complexity index is 480. The lowest BCUT2D eigenvalue weighted by atomic mass is 9.95. The lowest BCUT2D eigenvalue weighted by Crippen LogP contribution is -2.34. The Labute approximate surface area is 135 Å². The molecule has 0 aromatic carbocycles. The molecular formula is C19H31N3. The van der Waals surface area contributed by atoms with Crippen LogP contribution in [0, 0.1) is 6.92 Å². The van der Waals surface area contributed by atoms with Crippen LogP contribution in [-0.2, 0) is 0 Å². The van der Waals surface area contributed by atoms with Crippen LogP contribution in [-0.4, -0.2) is 36.1 Å². The standard InChI is InChI=1S/C19H31N3/c1-3-4-10-21-11-6-5-9-18(21)17-14-16(2)19(20-15-17)22-12-7-8-13-22/h14-15,18H,3-13H2,1-2H3. The van der Waals surface area contributed by atoms with E-state index in [4.69, 9.17) is 4.98 Å². The number of aromatic nitrogens is 1. The van der Waals surface area contributed by atoms with E-state index in [-0.39, 0.29) is 0 Å². The average Bonchev–Trinajstić information content (AvgIpc) is 3.07. The van der Waals surface area contributed by atoms with Crippen molar-refractivity contribution < 1.29 is 0 Å². The number of piperidine rings is 1. The van der Waals surface area contributed by atoms with Crippen LogP contribution in [0.5, 0.6) is 0 Å². The van der Waals surface area contributed by atoms with Crippen LogP contribution >= 0.6 is 0 Å². The van der Waals surface area contributed by atoms with Crippen LogP contribution in [0.3, 0.4) is 0 Å². The summed E-state index contributed by atoms with van der Waals surface area (Å²) in [6, 6.07) is 3.01. The van der Waals surface area contributed by atoms with Crippen molar-refractivity contribution in [2.24, 2.45) is 0 Å². The third kappa shape index (κ3) is 3.45. The topological polar surface area (TPSA) is 19.4 Å². The molecule has 1 atom stereocenters. The fourth-order valence-corrected chi connectivity index (χ4v) is 4.03. The zero-order chi connectivity index (χ0) is 15.4. The third-order valence-electron chi connectivity index (χ3n) is 5.27. The molecule has 3 rings (SSSR count). The van der Waals surface area contributed by atoms with Crippen LogP contribution in [0.4, 0.5) is 5.82 Å². The van der Waals surface area contributed by atoms with E-state index in [9.17, 15) is 0 Å². The highest BCUT2D eigenvalue weighted by molar-refractivity contribution is 5.48. The maximum atomic E-state index is 4.85. The van der Waals surface area contributed by atoms with Crippen LogP contribution in [0.15, 0.2) is 12.3 Å². The Morgan fingerprint density at radius 1 is 1.14 bits per heavy atom. The summed E-state index contributed by atoms with van der Waals surface area (Å²) in [6.07, 6.45) is 11.4. The predicted molar refractivity (Wildman–Crippen MR) is 93.5 cm³/mol. The monoisotopic (exact) mass is 301 g/mol. The fourth-order valence-electron chi connectivity index (χ4n) is 4.03. The summed E-state index contributed by atoms with van der Waals surface area (Å²) >= 11 is 0. The first-order chi connectivity index (χ1) is 10.8. The number of likely N-dealkylation sites (tertiary alicyclic amines) is 1. The molecule has 2 aliphatic heterocycles. The van der Waals surface area contributed by atoms with Gasteiger partial charge in [0.2, 0.25) is 0 Å². The highest BCUT2D eigenvalue weighted by Gasteiger charge is 2.25. The second-order valence-corrected chi connectivity index (χ2v) is 7.00. The van der Waals surface area contributed by atoms with Gasteiger partial charge >= 0.3 is 0 Å². The summed E-state index contributed by atoms with van der Waals surface area (Å²) in [5.41, 5.74) is 2.80. The van der Waals surface area contributed by atoms with Crippen molar-refractivity contribution in [2.45, 2.75) is 64.8 Å². The minimum atomic E-state index is 0.596. The van der Waals surface area contributed by atoms with Gasteiger partial charge in [-0.2, -0.15) is 0 Å². The minimum Gasteiger partial charge on any atom is -0.356 e. The van der Waals surface area contributed by atoms with Gasteiger partial charge in [0.1, 0.15) is 5.82 Å². The number of pyridine rings is 1. The van der Waals surface area contributed by atoms with E-state index >= 15 is 0 Å². The molecule has 0 amide bonds. The normalized spacial score (nSPS) is 23.2. The Morgan fingerprint density at radius 2 is 1.91 bits per heavy atom. The zero-order valence-corrected chi connectivity index (χ0v) is 14.4. The molecule has 0 spiro atoms. The van der Waals surface area contributed by atoms with Crippen LogP contribution in [0.25, 0.3) is 0 Å². The minimum absolute atomic E-state index is 0.596. The molecule has 0 N–H and O–H groups in total. The number of anilines is 1. The van der Waals surface area contributed by atoms with E-state index in [1.807, 2.05) is 0 Å². The molecule has 0 radical (unpaired) electrons. The SMILES string of the molecule is CCCCN1CCCCC1c1cnc(N2CCCC2)c(C)c1. The average molecular weight is 301 g/mol. The first-order valence-corrected chi connectivity index (χ1v) is 9.25. The Balaban J connectivity index is 1.76. The van der Waals surface area contributed by atoms with Crippen LogP contribution in [0.2, 0.25) is 0 Å². The van der Waals surface area contributed by atoms with E-state index in [2.05, 4.69) is 35.9 Å². The number of aryl methyl sites for hydroxylation is 1. The van der Waals surface area contributed by atoms with Crippen molar-refractivity contribution >= 4 is 5.82 Å². The first kappa shape index (κ1) is 15.8. The summed E-state index contributed by atoms with van der Waals surface area (Å²) in [6.45, 7) is 9.39. The van der Waals surface area contributed by atoms with Crippen molar-refractivity contribution in [1.29, 1.82) is 0 Å². The van der Waals surface area contributed by atoms with Crippen LogP contribution in [0.1, 0.15) is 69.0 Å². The lowest BCUT2D eigenvalue weighted by Gasteiger charge is -2.36. The van der Waals surface area contributed by atoms with Crippen molar-refractivity contribution in [3.63, 3.8) is 0 Å². The Morgan fingerprint density at radius 3 is 2.64 bits per heavy atom. The molecule has 3 heteroatoms. The molecule has 1 aromatic heterocycles. The van der Waals surface area contributed by atoms with Gasteiger partial charge in [-0.1, -0.05) is 19.8 Å². The second-order valence-electron chi connectivity index (χ2n) is 7.00. The maximum Gasteiger partial charge on any atom is 0.131 e. The van der Waals surface area contributed by atoms with E-state index < -0.39 is 0 Å². The molecule has 122 valence electrons. The maximum absolute atomic E-state index is 4.85. The fraction of sp³-hybridized carbons (Fsp3) is 0.737. The molecule has 2 fully saturated rings. The molecule has 0 aliphatic carbocycles. The number of hydrogen-bond donors (Lipinski definition) is 0. The van der Waals surface area contributed by atoms with Gasteiger partial charge in [-0.05, 0) is 69.3 Å². The molecule has 3 nitrogen and oxygen atoms in total. The van der Waals surface area contributed by atoms with Gasteiger partial charge in [0, 0.05) is 25.3 Å². The molecule has 2 aliphatic rings. The van der Waals surface area contributed by atoms with E-state index in [1.165, 1.54) is 88.1 Å². The first-order valence-electron chi connectivity index (χ1n) is 9.25. The van der Waals surface area contributed by atoms with Crippen molar-refractivity contribution in [1.82, 2.24) is 9.88 Å². The van der Waals surface area contributed by atoms with E-state index in [0.717, 1.165) is 0 Å². The van der Waals surface area contributed by atoms with Gasteiger partial charge in [-0.25, -0.2) is 4.98 Å². The number of rotatable bonds is 5. The van der Waals surface area contributed by atoms with Crippen molar-refractivity contribution in [2.75, 3.05) is 31.1 Å². The number of unbranched alkanes of at least 4 members (excludes halogenated alkanes) is 1. The molecule has 22 heavy (non-hydrogen) atoms. The van der Waals surface area contributed by atoms with Gasteiger partial charge in [0.25, 0.3) is 0 Å². The molecule has 1 unspecified atom stereocenters. The molecule has 0 saturated carbocycles. The van der Waals surface area contributed by atoms with Gasteiger partial charge in [0.05, 0.1) is 0 Å². The Kier molecular flexibility index (Phi) is 5.35. The van der Waals surface area contributed by atoms with Gasteiger partial charge in [-0.3, -0.25) is 4.90 Å². The van der Waals surface area contributed by atoms with Gasteiger partial charge < -0.3 is 4.90 Å². The summed E-state index contributed by atoms with van der Waals surface area (Å²) in [5, 5.41) is 0. The molecule has 3 heterocycles. The van der Waals surface area contributed by atoms with Crippen molar-refractivity contribution in [3.8, 4) is 0 Å². The van der Waals surface area contributed by atoms with Gasteiger partial charge in [-0.15, -0.1) is 0 Å². The summed E-state index contributed by atoms with van der Waals surface area (Å²) in [4.78, 5) is 10.00. The summed E-state index contributed by atoms with van der Waals surface area (Å²) in [7, 11) is 0. The summed E-state index contributed by atoms with van der Waals surface area (Å²) in [5.74, 6) is 1.22. The largest absolute Gasteiger partial charge is 0.356 e. The van der Waals surface area contributed by atoms with Gasteiger partial charge in [0.15, 0.2) is 0 Å². The number of hydrogen-bond acceptors (Lipinski definition) is 3. The molecular weight excluding hydrogens is 270 g/mol. The molecule has 2 saturated heterocycles. The second kappa shape index (κ2) is 7.45. The van der Waals surface area contributed by atoms with Crippen molar-refractivity contribution in [3.05, 3.63) is 23.4 Å².